The minimum absolute atomic E-state index is 0.0991. The fraction of sp³-hybridized carbons (Fsp3) is 0.182. The predicted octanol–water partition coefficient (Wildman–Crippen LogP) is 5.24. The highest BCUT2D eigenvalue weighted by atomic mass is 79.9. The summed E-state index contributed by atoms with van der Waals surface area (Å²) in [6, 6.07) is 20.3. The van der Waals surface area contributed by atoms with Crippen molar-refractivity contribution in [2.45, 2.75) is 19.6 Å². The standard InChI is InChI=1S/C22H22BrN3OS/c1-16-11-19(17(2)26(16)21-10-6-9-20(23)12-21)13-24-25-22(27)15-28-14-18-7-4-3-5-8-18/h3-13H,14-15H2,1-2H3,(H,25,27)/b24-13+. The molecule has 1 aromatic heterocycles. The van der Waals surface area contributed by atoms with Gasteiger partial charge in [-0.25, -0.2) is 5.43 Å². The van der Waals surface area contributed by atoms with E-state index in [0.717, 1.165) is 32.9 Å². The number of carbonyl (C=O) groups is 1. The molecule has 4 nitrogen and oxygen atoms in total. The molecule has 0 atom stereocenters. The predicted molar refractivity (Wildman–Crippen MR) is 121 cm³/mol. The fourth-order valence-electron chi connectivity index (χ4n) is 2.97. The van der Waals surface area contributed by atoms with Crippen molar-refractivity contribution < 1.29 is 4.79 Å². The van der Waals surface area contributed by atoms with Crippen LogP contribution < -0.4 is 5.43 Å². The van der Waals surface area contributed by atoms with Gasteiger partial charge in [0, 0.05) is 32.9 Å². The number of hydrazone groups is 1. The monoisotopic (exact) mass is 455 g/mol. The van der Waals surface area contributed by atoms with Gasteiger partial charge >= 0.3 is 0 Å². The smallest absolute Gasteiger partial charge is 0.250 e. The first-order valence-corrected chi connectivity index (χ1v) is 10.9. The van der Waals surface area contributed by atoms with Crippen molar-refractivity contribution in [2.24, 2.45) is 5.10 Å². The van der Waals surface area contributed by atoms with Crippen LogP contribution in [-0.2, 0) is 10.5 Å². The Labute approximate surface area is 178 Å². The molecule has 0 saturated carbocycles. The molecule has 0 spiro atoms. The molecule has 28 heavy (non-hydrogen) atoms. The largest absolute Gasteiger partial charge is 0.318 e. The molecule has 1 amide bonds. The van der Waals surface area contributed by atoms with Gasteiger partial charge in [-0.1, -0.05) is 52.3 Å². The van der Waals surface area contributed by atoms with E-state index in [1.165, 1.54) is 5.56 Å². The molecule has 0 aliphatic carbocycles. The maximum atomic E-state index is 12.0. The Morgan fingerprint density at radius 3 is 2.68 bits per heavy atom. The van der Waals surface area contributed by atoms with Crippen molar-refractivity contribution in [1.82, 2.24) is 9.99 Å². The van der Waals surface area contributed by atoms with Crippen molar-refractivity contribution in [3.05, 3.63) is 87.7 Å². The summed E-state index contributed by atoms with van der Waals surface area (Å²) in [5.41, 5.74) is 8.09. The Hall–Kier alpha value is -2.31. The zero-order valence-corrected chi connectivity index (χ0v) is 18.3. The van der Waals surface area contributed by atoms with E-state index in [2.05, 4.69) is 68.3 Å². The number of aryl methyl sites for hydroxylation is 1. The number of halogens is 1. The van der Waals surface area contributed by atoms with Gasteiger partial charge in [-0.05, 0) is 43.7 Å². The average molecular weight is 456 g/mol. The third kappa shape index (κ3) is 5.36. The normalized spacial score (nSPS) is 11.1. The minimum Gasteiger partial charge on any atom is -0.318 e. The Kier molecular flexibility index (Phi) is 7.12. The molecular formula is C22H22BrN3OS. The summed E-state index contributed by atoms with van der Waals surface area (Å²) >= 11 is 5.09. The molecule has 1 heterocycles. The highest BCUT2D eigenvalue weighted by molar-refractivity contribution is 9.10. The number of hydrogen-bond donors (Lipinski definition) is 1. The lowest BCUT2D eigenvalue weighted by molar-refractivity contribution is -0.118. The highest BCUT2D eigenvalue weighted by Gasteiger charge is 2.10. The second-order valence-corrected chi connectivity index (χ2v) is 8.31. The number of hydrogen-bond acceptors (Lipinski definition) is 3. The lowest BCUT2D eigenvalue weighted by Gasteiger charge is -2.09. The van der Waals surface area contributed by atoms with E-state index in [-0.39, 0.29) is 5.91 Å². The molecule has 0 bridgehead atoms. The van der Waals surface area contributed by atoms with Crippen molar-refractivity contribution in [3.63, 3.8) is 0 Å². The number of nitrogens with zero attached hydrogens (tertiary/aromatic N) is 2. The van der Waals surface area contributed by atoms with Crippen LogP contribution in [0, 0.1) is 13.8 Å². The molecule has 3 aromatic rings. The van der Waals surface area contributed by atoms with Crippen molar-refractivity contribution >= 4 is 39.8 Å². The first-order chi connectivity index (χ1) is 13.5. The lowest BCUT2D eigenvalue weighted by atomic mass is 10.2. The van der Waals surface area contributed by atoms with Gasteiger partial charge in [-0.3, -0.25) is 4.79 Å². The van der Waals surface area contributed by atoms with E-state index in [4.69, 9.17) is 0 Å². The van der Waals surface area contributed by atoms with Gasteiger partial charge in [0.15, 0.2) is 0 Å². The van der Waals surface area contributed by atoms with Gasteiger partial charge in [-0.15, -0.1) is 11.8 Å². The number of thioether (sulfide) groups is 1. The number of rotatable bonds is 7. The number of carbonyl (C=O) groups excluding carboxylic acids is 1. The summed E-state index contributed by atoms with van der Waals surface area (Å²) in [4.78, 5) is 12.0. The summed E-state index contributed by atoms with van der Waals surface area (Å²) in [7, 11) is 0. The van der Waals surface area contributed by atoms with Gasteiger partial charge in [0.2, 0.25) is 5.91 Å². The Balaban J connectivity index is 1.57. The molecule has 6 heteroatoms. The number of benzene rings is 2. The van der Waals surface area contributed by atoms with Crippen LogP contribution in [0.3, 0.4) is 0 Å². The van der Waals surface area contributed by atoms with E-state index in [0.29, 0.717) is 5.75 Å². The first kappa shape index (κ1) is 20.4. The first-order valence-electron chi connectivity index (χ1n) is 8.93. The van der Waals surface area contributed by atoms with Gasteiger partial charge in [0.1, 0.15) is 0 Å². The van der Waals surface area contributed by atoms with Gasteiger partial charge in [0.25, 0.3) is 0 Å². The van der Waals surface area contributed by atoms with E-state index in [1.54, 1.807) is 18.0 Å². The molecule has 1 N–H and O–H groups in total. The molecule has 3 rings (SSSR count). The van der Waals surface area contributed by atoms with Crippen LogP contribution in [0.15, 0.2) is 70.2 Å². The molecule has 144 valence electrons. The number of aromatic nitrogens is 1. The molecule has 0 unspecified atom stereocenters. The molecule has 0 aliphatic rings. The second kappa shape index (κ2) is 9.75. The van der Waals surface area contributed by atoms with E-state index >= 15 is 0 Å². The van der Waals surface area contributed by atoms with Gasteiger partial charge in [0.05, 0.1) is 12.0 Å². The summed E-state index contributed by atoms with van der Waals surface area (Å²) in [5, 5.41) is 4.13. The van der Waals surface area contributed by atoms with Crippen LogP contribution in [0.5, 0.6) is 0 Å². The van der Waals surface area contributed by atoms with Crippen LogP contribution in [0.2, 0.25) is 0 Å². The van der Waals surface area contributed by atoms with Crippen molar-refractivity contribution in [1.29, 1.82) is 0 Å². The summed E-state index contributed by atoms with van der Waals surface area (Å²) in [5.74, 6) is 1.09. The van der Waals surface area contributed by atoms with Crippen LogP contribution in [-0.4, -0.2) is 22.4 Å². The van der Waals surface area contributed by atoms with E-state index < -0.39 is 0 Å². The Morgan fingerprint density at radius 2 is 1.93 bits per heavy atom. The van der Waals surface area contributed by atoms with Gasteiger partial charge < -0.3 is 4.57 Å². The summed E-state index contributed by atoms with van der Waals surface area (Å²) < 4.78 is 3.21. The van der Waals surface area contributed by atoms with Gasteiger partial charge in [-0.2, -0.15) is 5.10 Å². The lowest BCUT2D eigenvalue weighted by Crippen LogP contribution is -2.19. The fourth-order valence-corrected chi connectivity index (χ4v) is 4.14. The molecule has 0 radical (unpaired) electrons. The molecule has 2 aromatic carbocycles. The average Bonchev–Trinajstić information content (AvgIpc) is 2.96. The van der Waals surface area contributed by atoms with Crippen LogP contribution in [0.4, 0.5) is 0 Å². The van der Waals surface area contributed by atoms with Crippen LogP contribution in [0.25, 0.3) is 5.69 Å². The third-order valence-electron chi connectivity index (χ3n) is 4.27. The van der Waals surface area contributed by atoms with Crippen molar-refractivity contribution in [3.8, 4) is 5.69 Å². The molecule has 0 aliphatic heterocycles. The molecule has 0 fully saturated rings. The Bertz CT molecular complexity index is 983. The quantitative estimate of drug-likeness (QED) is 0.391. The third-order valence-corrected chi connectivity index (χ3v) is 5.77. The number of amides is 1. The van der Waals surface area contributed by atoms with Crippen molar-refractivity contribution in [2.75, 3.05) is 5.75 Å². The molecule has 0 saturated heterocycles. The zero-order valence-electron chi connectivity index (χ0n) is 15.9. The summed E-state index contributed by atoms with van der Waals surface area (Å²) in [6.45, 7) is 4.11. The Morgan fingerprint density at radius 1 is 1.14 bits per heavy atom. The van der Waals surface area contributed by atoms with Crippen LogP contribution >= 0.6 is 27.7 Å². The maximum absolute atomic E-state index is 12.0. The van der Waals surface area contributed by atoms with E-state index in [9.17, 15) is 4.79 Å². The highest BCUT2D eigenvalue weighted by Crippen LogP contribution is 2.22. The maximum Gasteiger partial charge on any atom is 0.250 e. The van der Waals surface area contributed by atoms with Crippen LogP contribution in [0.1, 0.15) is 22.5 Å². The second-order valence-electron chi connectivity index (χ2n) is 6.41. The zero-order chi connectivity index (χ0) is 19.9. The topological polar surface area (TPSA) is 46.4 Å². The minimum atomic E-state index is -0.0991. The number of nitrogens with one attached hydrogen (secondary N) is 1. The van der Waals surface area contributed by atoms with E-state index in [1.807, 2.05) is 37.3 Å². The molecular weight excluding hydrogens is 434 g/mol. The SMILES string of the molecule is Cc1cc(/C=N/NC(=O)CSCc2ccccc2)c(C)n1-c1cccc(Br)c1. The summed E-state index contributed by atoms with van der Waals surface area (Å²) in [6.07, 6.45) is 1.70.